The fourth-order valence-electron chi connectivity index (χ4n) is 2.56. The molecule has 0 atom stereocenters. The van der Waals surface area contributed by atoms with E-state index in [-0.39, 0.29) is 23.8 Å². The zero-order valence-electron chi connectivity index (χ0n) is 16.2. The molecule has 0 aliphatic rings. The largest absolute Gasteiger partial charge is 0.334 e. The molecular formula is C20H28N4O2. The van der Waals surface area contributed by atoms with Crippen molar-refractivity contribution in [3.05, 3.63) is 42.1 Å². The second-order valence-corrected chi connectivity index (χ2v) is 7.22. The van der Waals surface area contributed by atoms with Crippen LogP contribution in [0.15, 0.2) is 36.4 Å². The van der Waals surface area contributed by atoms with Crippen molar-refractivity contribution in [2.75, 3.05) is 18.4 Å². The van der Waals surface area contributed by atoms with Crippen LogP contribution in [0.25, 0.3) is 5.69 Å². The lowest BCUT2D eigenvalue weighted by molar-refractivity contribution is -0.134. The standard InChI is InChI=1S/C20H28N4O2/c1-6-19(26)23(7-2)14-18(25)21-17-13-16(20(3,4)5)22-24(17)15-11-9-8-10-12-15/h8-13H,6-7,14H2,1-5H3,(H,21,25). The van der Waals surface area contributed by atoms with E-state index >= 15 is 0 Å². The first-order chi connectivity index (χ1) is 12.3. The third-order valence-electron chi connectivity index (χ3n) is 4.12. The summed E-state index contributed by atoms with van der Waals surface area (Å²) in [6.07, 6.45) is 0.386. The minimum atomic E-state index is -0.230. The van der Waals surface area contributed by atoms with Crippen molar-refractivity contribution in [3.8, 4) is 5.69 Å². The molecule has 26 heavy (non-hydrogen) atoms. The lowest BCUT2D eigenvalue weighted by Gasteiger charge is -2.19. The third-order valence-corrected chi connectivity index (χ3v) is 4.12. The highest BCUT2D eigenvalue weighted by molar-refractivity contribution is 5.94. The van der Waals surface area contributed by atoms with Gasteiger partial charge in [0, 0.05) is 24.4 Å². The molecule has 2 amide bonds. The topological polar surface area (TPSA) is 67.2 Å². The van der Waals surface area contributed by atoms with Gasteiger partial charge in [-0.25, -0.2) is 4.68 Å². The third kappa shape index (κ3) is 4.71. The summed E-state index contributed by atoms with van der Waals surface area (Å²) in [5, 5.41) is 7.59. The van der Waals surface area contributed by atoms with Gasteiger partial charge in [-0.2, -0.15) is 5.10 Å². The Hall–Kier alpha value is -2.63. The molecule has 0 saturated heterocycles. The maximum Gasteiger partial charge on any atom is 0.245 e. The summed E-state index contributed by atoms with van der Waals surface area (Å²) in [4.78, 5) is 25.9. The number of carbonyl (C=O) groups is 2. The van der Waals surface area contributed by atoms with E-state index in [1.807, 2.05) is 43.3 Å². The number of carbonyl (C=O) groups excluding carboxylic acids is 2. The number of rotatable bonds is 6. The normalized spacial score (nSPS) is 11.3. The zero-order chi connectivity index (χ0) is 19.3. The Labute approximate surface area is 155 Å². The van der Waals surface area contributed by atoms with Crippen LogP contribution in [-0.4, -0.2) is 39.6 Å². The first-order valence-corrected chi connectivity index (χ1v) is 8.99. The number of nitrogens with zero attached hydrogens (tertiary/aromatic N) is 3. The summed E-state index contributed by atoms with van der Waals surface area (Å²) in [6.45, 7) is 10.4. The van der Waals surface area contributed by atoms with E-state index in [1.165, 1.54) is 0 Å². The van der Waals surface area contributed by atoms with Crippen molar-refractivity contribution in [1.82, 2.24) is 14.7 Å². The molecule has 1 aromatic carbocycles. The van der Waals surface area contributed by atoms with E-state index in [2.05, 4.69) is 31.2 Å². The average molecular weight is 356 g/mol. The quantitative estimate of drug-likeness (QED) is 0.863. The van der Waals surface area contributed by atoms with Crippen LogP contribution in [0.1, 0.15) is 46.7 Å². The van der Waals surface area contributed by atoms with E-state index < -0.39 is 0 Å². The van der Waals surface area contributed by atoms with Crippen LogP contribution in [-0.2, 0) is 15.0 Å². The lowest BCUT2D eigenvalue weighted by atomic mass is 9.92. The van der Waals surface area contributed by atoms with Crippen molar-refractivity contribution < 1.29 is 9.59 Å². The first-order valence-electron chi connectivity index (χ1n) is 8.99. The van der Waals surface area contributed by atoms with Gasteiger partial charge in [0.05, 0.1) is 17.9 Å². The van der Waals surface area contributed by atoms with Crippen molar-refractivity contribution in [2.24, 2.45) is 0 Å². The highest BCUT2D eigenvalue weighted by Gasteiger charge is 2.22. The monoisotopic (exact) mass is 356 g/mol. The van der Waals surface area contributed by atoms with E-state index in [1.54, 1.807) is 16.5 Å². The van der Waals surface area contributed by atoms with E-state index in [0.29, 0.717) is 18.8 Å². The Balaban J connectivity index is 2.29. The summed E-state index contributed by atoms with van der Waals surface area (Å²) in [7, 11) is 0. The van der Waals surface area contributed by atoms with Crippen LogP contribution in [0.2, 0.25) is 0 Å². The van der Waals surface area contributed by atoms with Gasteiger partial charge in [-0.15, -0.1) is 0 Å². The average Bonchev–Trinajstić information content (AvgIpc) is 3.03. The lowest BCUT2D eigenvalue weighted by Crippen LogP contribution is -2.37. The number of para-hydroxylation sites is 1. The fourth-order valence-corrected chi connectivity index (χ4v) is 2.56. The van der Waals surface area contributed by atoms with Gasteiger partial charge in [0.15, 0.2) is 0 Å². The van der Waals surface area contributed by atoms with Crippen molar-refractivity contribution in [3.63, 3.8) is 0 Å². The van der Waals surface area contributed by atoms with Gasteiger partial charge >= 0.3 is 0 Å². The molecule has 1 aromatic heterocycles. The van der Waals surface area contributed by atoms with E-state index in [0.717, 1.165) is 11.4 Å². The van der Waals surface area contributed by atoms with Crippen molar-refractivity contribution in [2.45, 2.75) is 46.5 Å². The smallest absolute Gasteiger partial charge is 0.245 e. The van der Waals surface area contributed by atoms with Gasteiger partial charge in [0.25, 0.3) is 0 Å². The summed E-state index contributed by atoms with van der Waals surface area (Å²) in [5.74, 6) is 0.340. The molecule has 140 valence electrons. The predicted molar refractivity (Wildman–Crippen MR) is 103 cm³/mol. The first kappa shape index (κ1) is 19.7. The molecule has 0 fully saturated rings. The number of nitrogens with one attached hydrogen (secondary N) is 1. The van der Waals surface area contributed by atoms with Gasteiger partial charge in [-0.1, -0.05) is 45.9 Å². The summed E-state index contributed by atoms with van der Waals surface area (Å²) in [5.41, 5.74) is 1.61. The van der Waals surface area contributed by atoms with Crippen LogP contribution in [0.3, 0.4) is 0 Å². The fraction of sp³-hybridized carbons (Fsp3) is 0.450. The Bertz CT molecular complexity index is 760. The zero-order valence-corrected chi connectivity index (χ0v) is 16.2. The molecule has 0 bridgehead atoms. The van der Waals surface area contributed by atoms with Gasteiger partial charge in [-0.05, 0) is 19.1 Å². The van der Waals surface area contributed by atoms with Crippen molar-refractivity contribution in [1.29, 1.82) is 0 Å². The Morgan fingerprint density at radius 1 is 1.15 bits per heavy atom. The SMILES string of the molecule is CCC(=O)N(CC)CC(=O)Nc1cc(C(C)(C)C)nn1-c1ccccc1. The maximum atomic E-state index is 12.5. The molecule has 0 saturated carbocycles. The van der Waals surface area contributed by atoms with E-state index in [4.69, 9.17) is 0 Å². The molecule has 0 aliphatic carbocycles. The Kier molecular flexibility index (Phi) is 6.18. The van der Waals surface area contributed by atoms with Crippen LogP contribution >= 0.6 is 0 Å². The number of anilines is 1. The second-order valence-electron chi connectivity index (χ2n) is 7.22. The van der Waals surface area contributed by atoms with Crippen LogP contribution in [0, 0.1) is 0 Å². The number of hydrogen-bond donors (Lipinski definition) is 1. The van der Waals surface area contributed by atoms with Gasteiger partial charge < -0.3 is 10.2 Å². The second kappa shape index (κ2) is 8.17. The molecule has 0 radical (unpaired) electrons. The van der Waals surface area contributed by atoms with Gasteiger partial charge in [0.1, 0.15) is 5.82 Å². The molecule has 2 aromatic rings. The molecule has 2 rings (SSSR count). The number of aromatic nitrogens is 2. The molecule has 0 aliphatic heterocycles. The molecule has 0 unspecified atom stereocenters. The number of likely N-dealkylation sites (N-methyl/N-ethyl adjacent to an activating group) is 1. The van der Waals surface area contributed by atoms with E-state index in [9.17, 15) is 9.59 Å². The molecule has 6 nitrogen and oxygen atoms in total. The summed E-state index contributed by atoms with van der Waals surface area (Å²) in [6, 6.07) is 11.6. The van der Waals surface area contributed by atoms with Gasteiger partial charge in [0.2, 0.25) is 11.8 Å². The Morgan fingerprint density at radius 2 is 1.81 bits per heavy atom. The maximum absolute atomic E-state index is 12.5. The van der Waals surface area contributed by atoms with Crippen LogP contribution in [0.5, 0.6) is 0 Å². The van der Waals surface area contributed by atoms with Crippen molar-refractivity contribution >= 4 is 17.6 Å². The number of benzene rings is 1. The van der Waals surface area contributed by atoms with Crippen LogP contribution in [0.4, 0.5) is 5.82 Å². The van der Waals surface area contributed by atoms with Crippen LogP contribution < -0.4 is 5.32 Å². The highest BCUT2D eigenvalue weighted by Crippen LogP contribution is 2.26. The minimum absolute atomic E-state index is 0.0328. The van der Waals surface area contributed by atoms with Gasteiger partial charge in [-0.3, -0.25) is 9.59 Å². The number of hydrogen-bond acceptors (Lipinski definition) is 3. The molecule has 0 spiro atoms. The minimum Gasteiger partial charge on any atom is -0.334 e. The number of amides is 2. The molecular weight excluding hydrogens is 328 g/mol. The molecule has 1 heterocycles. The molecule has 6 heteroatoms. The predicted octanol–water partition coefficient (Wildman–Crippen LogP) is 3.37. The molecule has 1 N–H and O–H groups in total. The Morgan fingerprint density at radius 3 is 2.35 bits per heavy atom. The summed E-state index contributed by atoms with van der Waals surface area (Å²) >= 11 is 0. The highest BCUT2D eigenvalue weighted by atomic mass is 16.2. The summed E-state index contributed by atoms with van der Waals surface area (Å²) < 4.78 is 1.73.